The molecular formula is C30H54N4O4. The van der Waals surface area contributed by atoms with Gasteiger partial charge in [0, 0.05) is 49.4 Å². The normalized spacial score (nSPS) is 27.3. The van der Waals surface area contributed by atoms with Crippen molar-refractivity contribution >= 4 is 5.91 Å². The molecule has 2 aliphatic rings. The summed E-state index contributed by atoms with van der Waals surface area (Å²) >= 11 is 0. The number of aliphatic hydroxyl groups is 2. The van der Waals surface area contributed by atoms with E-state index in [1.165, 1.54) is 0 Å². The summed E-state index contributed by atoms with van der Waals surface area (Å²) in [6.07, 6.45) is 8.83. The zero-order valence-electron chi connectivity index (χ0n) is 25.0. The zero-order valence-corrected chi connectivity index (χ0v) is 25.0. The third kappa shape index (κ3) is 9.49. The molecule has 2 heterocycles. The van der Waals surface area contributed by atoms with Gasteiger partial charge in [0.05, 0.1) is 18.8 Å². The van der Waals surface area contributed by atoms with Crippen molar-refractivity contribution in [3.05, 3.63) is 35.1 Å². The van der Waals surface area contributed by atoms with Gasteiger partial charge in [-0.1, -0.05) is 32.1 Å². The highest BCUT2D eigenvalue weighted by Gasteiger charge is 2.42. The fraction of sp³-hybridized carbons (Fsp3) is 0.767. The lowest BCUT2D eigenvalue weighted by Crippen LogP contribution is -2.47. The van der Waals surface area contributed by atoms with Crippen LogP contribution in [-0.2, 0) is 9.53 Å². The molecule has 7 atom stereocenters. The Labute approximate surface area is 231 Å². The molecule has 0 radical (unpaired) electrons. The minimum Gasteiger partial charge on any atom is -0.396 e. The molecule has 2 unspecified atom stereocenters. The Bertz CT molecular complexity index is 840. The van der Waals surface area contributed by atoms with Crippen LogP contribution in [0, 0.1) is 5.92 Å². The first kappa shape index (κ1) is 32.5. The number of rotatable bonds is 14. The van der Waals surface area contributed by atoms with Crippen LogP contribution in [0.2, 0.25) is 0 Å². The number of nitrogens with one attached hydrogen (secondary N) is 3. The van der Waals surface area contributed by atoms with E-state index in [0.717, 1.165) is 29.8 Å². The van der Waals surface area contributed by atoms with Crippen LogP contribution in [0.25, 0.3) is 0 Å². The first-order valence-corrected chi connectivity index (χ1v) is 14.5. The average molecular weight is 535 g/mol. The van der Waals surface area contributed by atoms with Crippen molar-refractivity contribution in [1.29, 1.82) is 0 Å². The first-order chi connectivity index (χ1) is 18.0. The number of aliphatic hydroxyl groups excluding tert-OH is 2. The van der Waals surface area contributed by atoms with Crippen LogP contribution in [0.4, 0.5) is 0 Å². The van der Waals surface area contributed by atoms with Crippen molar-refractivity contribution in [2.45, 2.75) is 124 Å². The van der Waals surface area contributed by atoms with Crippen molar-refractivity contribution in [2.24, 2.45) is 5.92 Å². The van der Waals surface area contributed by atoms with E-state index in [9.17, 15) is 15.0 Å². The van der Waals surface area contributed by atoms with E-state index in [1.54, 1.807) is 0 Å². The second-order valence-electron chi connectivity index (χ2n) is 11.5. The number of hydrogen-bond acceptors (Lipinski definition) is 7. The molecule has 218 valence electrons. The van der Waals surface area contributed by atoms with Crippen LogP contribution in [-0.4, -0.2) is 83.3 Å². The maximum Gasteiger partial charge on any atom is 0.237 e. The molecule has 0 bridgehead atoms. The Morgan fingerprint density at radius 2 is 2.00 bits per heavy atom. The molecule has 1 fully saturated rings. The highest BCUT2D eigenvalue weighted by molar-refractivity contribution is 5.81. The van der Waals surface area contributed by atoms with Crippen LogP contribution in [0.3, 0.4) is 0 Å². The fourth-order valence-electron chi connectivity index (χ4n) is 5.68. The van der Waals surface area contributed by atoms with Gasteiger partial charge in [0.25, 0.3) is 0 Å². The van der Waals surface area contributed by atoms with E-state index < -0.39 is 6.23 Å². The molecule has 0 aliphatic carbocycles. The number of amides is 1. The van der Waals surface area contributed by atoms with Crippen LogP contribution in [0.15, 0.2) is 35.1 Å². The molecule has 38 heavy (non-hydrogen) atoms. The van der Waals surface area contributed by atoms with E-state index in [4.69, 9.17) is 4.74 Å². The maximum absolute atomic E-state index is 12.6. The predicted molar refractivity (Wildman–Crippen MR) is 154 cm³/mol. The topological polar surface area (TPSA) is 106 Å². The Morgan fingerprint density at radius 1 is 1.29 bits per heavy atom. The van der Waals surface area contributed by atoms with Crippen molar-refractivity contribution in [1.82, 2.24) is 20.9 Å². The van der Waals surface area contributed by atoms with Crippen molar-refractivity contribution in [3.63, 3.8) is 0 Å². The summed E-state index contributed by atoms with van der Waals surface area (Å²) in [7, 11) is 0. The number of ether oxygens (including phenoxy) is 1. The van der Waals surface area contributed by atoms with Gasteiger partial charge in [-0.05, 0) is 77.9 Å². The van der Waals surface area contributed by atoms with E-state index in [2.05, 4.69) is 53.8 Å². The van der Waals surface area contributed by atoms with Gasteiger partial charge in [0.1, 0.15) is 6.23 Å². The standard InChI is InChI=1S/C30H54N4O4/c1-9-11-25-16-27-17-31-28(22(6)30(37)34(27)24(25)8)15-21(5)38-18-20(4)14-26(12-10-13-35)33-29(36)23(7)32-19(2)3/h9,11,14,19,21,23-27,30-32,35,37H,10,12-13,15-18H2,1-8H3,(H,33,36)/b11-9-,20-14+/t21-,23-,24?,25-,26-,27-,30?/m0/s1. The van der Waals surface area contributed by atoms with Crippen molar-refractivity contribution in [2.75, 3.05) is 19.8 Å². The second kappa shape index (κ2) is 15.8. The minimum atomic E-state index is -0.590. The van der Waals surface area contributed by atoms with Gasteiger partial charge in [-0.3, -0.25) is 9.69 Å². The molecule has 1 amide bonds. The van der Waals surface area contributed by atoms with Gasteiger partial charge in [-0.15, -0.1) is 0 Å². The van der Waals surface area contributed by atoms with Crippen molar-refractivity contribution < 1.29 is 19.7 Å². The summed E-state index contributed by atoms with van der Waals surface area (Å²) in [6.45, 7) is 17.6. The third-order valence-corrected chi connectivity index (χ3v) is 7.74. The number of fused-ring (bicyclic) bond motifs is 1. The van der Waals surface area contributed by atoms with Gasteiger partial charge in [0.2, 0.25) is 5.91 Å². The van der Waals surface area contributed by atoms with Gasteiger partial charge >= 0.3 is 0 Å². The lowest BCUT2D eigenvalue weighted by Gasteiger charge is -2.32. The molecule has 0 spiro atoms. The number of carbonyl (C=O) groups is 1. The maximum atomic E-state index is 12.6. The Hall–Kier alpha value is -1.71. The SMILES string of the molecule is C/C=C\[C@H]1C[C@H]2CNC(C[C@H](C)OC/C(C)=C/[C@H](CCCO)NC(=O)[C@H](C)NC(C)C)=C(C)C(O)N2C1C. The highest BCUT2D eigenvalue weighted by Crippen LogP contribution is 2.36. The molecule has 2 aliphatic heterocycles. The monoisotopic (exact) mass is 534 g/mol. The summed E-state index contributed by atoms with van der Waals surface area (Å²) in [5.41, 5.74) is 3.07. The second-order valence-corrected chi connectivity index (χ2v) is 11.5. The molecule has 0 saturated carbocycles. The van der Waals surface area contributed by atoms with E-state index in [0.29, 0.717) is 43.9 Å². The lowest BCUT2D eigenvalue weighted by atomic mass is 9.99. The zero-order chi connectivity index (χ0) is 28.4. The smallest absolute Gasteiger partial charge is 0.237 e. The van der Waals surface area contributed by atoms with E-state index in [-0.39, 0.29) is 36.7 Å². The molecule has 0 aromatic rings. The quantitative estimate of drug-likeness (QED) is 0.218. The number of carbonyl (C=O) groups excluding carboxylic acids is 1. The minimum absolute atomic E-state index is 0.0371. The van der Waals surface area contributed by atoms with Gasteiger partial charge in [-0.25, -0.2) is 0 Å². The Kier molecular flexibility index (Phi) is 13.5. The van der Waals surface area contributed by atoms with Gasteiger partial charge < -0.3 is 30.9 Å². The molecule has 0 aromatic carbocycles. The fourth-order valence-corrected chi connectivity index (χ4v) is 5.68. The van der Waals surface area contributed by atoms with Crippen LogP contribution >= 0.6 is 0 Å². The number of nitrogens with zero attached hydrogens (tertiary/aromatic N) is 1. The Morgan fingerprint density at radius 3 is 2.63 bits per heavy atom. The molecule has 8 nitrogen and oxygen atoms in total. The van der Waals surface area contributed by atoms with Gasteiger partial charge in [-0.2, -0.15) is 0 Å². The predicted octanol–water partition coefficient (Wildman–Crippen LogP) is 3.22. The molecular weight excluding hydrogens is 480 g/mol. The summed E-state index contributed by atoms with van der Waals surface area (Å²) in [5, 5.41) is 30.5. The van der Waals surface area contributed by atoms with Crippen molar-refractivity contribution in [3.8, 4) is 0 Å². The molecule has 5 N–H and O–H groups in total. The lowest BCUT2D eigenvalue weighted by molar-refractivity contribution is -0.123. The third-order valence-electron chi connectivity index (χ3n) is 7.74. The molecule has 0 aromatic heterocycles. The largest absolute Gasteiger partial charge is 0.396 e. The number of hydrogen-bond donors (Lipinski definition) is 5. The molecule has 2 rings (SSSR count). The summed E-state index contributed by atoms with van der Waals surface area (Å²) in [6, 6.07) is 0.377. The average Bonchev–Trinajstić information content (AvgIpc) is 3.11. The highest BCUT2D eigenvalue weighted by atomic mass is 16.5. The Balaban J connectivity index is 1.96. The summed E-state index contributed by atoms with van der Waals surface area (Å²) in [5.74, 6) is 0.417. The van der Waals surface area contributed by atoms with E-state index in [1.807, 2.05) is 40.7 Å². The van der Waals surface area contributed by atoms with E-state index >= 15 is 0 Å². The summed E-state index contributed by atoms with van der Waals surface area (Å²) in [4.78, 5) is 14.9. The van der Waals surface area contributed by atoms with Gasteiger partial charge in [0.15, 0.2) is 0 Å². The van der Waals surface area contributed by atoms with Crippen LogP contribution in [0.1, 0.15) is 81.1 Å². The first-order valence-electron chi connectivity index (χ1n) is 14.5. The summed E-state index contributed by atoms with van der Waals surface area (Å²) < 4.78 is 6.18. The number of allylic oxidation sites excluding steroid dienone is 1. The van der Waals surface area contributed by atoms with Crippen LogP contribution < -0.4 is 16.0 Å². The molecule has 8 heteroatoms. The van der Waals surface area contributed by atoms with Crippen LogP contribution in [0.5, 0.6) is 0 Å². The molecule has 1 saturated heterocycles.